The van der Waals surface area contributed by atoms with Crippen molar-refractivity contribution in [1.29, 1.82) is 0 Å². The van der Waals surface area contributed by atoms with Gasteiger partial charge in [0.05, 0.1) is 0 Å². The number of likely N-dealkylation sites (tertiary alicyclic amines) is 1. The SMILES string of the molecule is CCCN1CCC(n2c(N)nc3c(C)ccnc32)CC1. The molecule has 0 spiro atoms. The second-order valence-electron chi connectivity index (χ2n) is 5.71. The van der Waals surface area contributed by atoms with E-state index in [0.29, 0.717) is 12.0 Å². The van der Waals surface area contributed by atoms with Gasteiger partial charge >= 0.3 is 0 Å². The molecule has 0 aromatic carbocycles. The molecule has 3 rings (SSSR count). The molecule has 0 atom stereocenters. The van der Waals surface area contributed by atoms with Gasteiger partial charge in [0.1, 0.15) is 5.52 Å². The molecule has 0 unspecified atom stereocenters. The standard InChI is InChI=1S/C15H23N5/c1-3-8-19-9-5-12(6-10-19)20-14-13(18-15(20)16)11(2)4-7-17-14/h4,7,12H,3,5-6,8-10H2,1-2H3,(H2,16,18). The Labute approximate surface area is 119 Å². The fourth-order valence-corrected chi connectivity index (χ4v) is 3.20. The first-order valence-electron chi connectivity index (χ1n) is 7.52. The number of hydrogen-bond acceptors (Lipinski definition) is 4. The lowest BCUT2D eigenvalue weighted by Gasteiger charge is -2.32. The van der Waals surface area contributed by atoms with Crippen molar-refractivity contribution in [2.75, 3.05) is 25.4 Å². The summed E-state index contributed by atoms with van der Waals surface area (Å²) in [6.07, 6.45) is 5.33. The van der Waals surface area contributed by atoms with E-state index in [-0.39, 0.29) is 0 Å². The van der Waals surface area contributed by atoms with Crippen LogP contribution in [0.25, 0.3) is 11.2 Å². The van der Waals surface area contributed by atoms with Crippen molar-refractivity contribution < 1.29 is 0 Å². The number of hydrogen-bond donors (Lipinski definition) is 1. The third kappa shape index (κ3) is 2.26. The van der Waals surface area contributed by atoms with Gasteiger partial charge in [-0.05, 0) is 44.4 Å². The highest BCUT2D eigenvalue weighted by Crippen LogP contribution is 2.29. The van der Waals surface area contributed by atoms with Crippen LogP contribution in [0.15, 0.2) is 12.3 Å². The number of imidazole rings is 1. The molecular weight excluding hydrogens is 250 g/mol. The molecule has 3 heterocycles. The predicted molar refractivity (Wildman–Crippen MR) is 81.7 cm³/mol. The van der Waals surface area contributed by atoms with Crippen molar-refractivity contribution in [3.8, 4) is 0 Å². The lowest BCUT2D eigenvalue weighted by Crippen LogP contribution is -2.35. The van der Waals surface area contributed by atoms with Crippen LogP contribution in [0, 0.1) is 6.92 Å². The first-order chi connectivity index (χ1) is 9.70. The van der Waals surface area contributed by atoms with E-state index in [1.807, 2.05) is 12.3 Å². The first kappa shape index (κ1) is 13.4. The number of fused-ring (bicyclic) bond motifs is 1. The molecule has 1 aliphatic rings. The number of nitrogens with two attached hydrogens (primary N) is 1. The Morgan fingerprint density at radius 2 is 2.10 bits per heavy atom. The van der Waals surface area contributed by atoms with Crippen LogP contribution in [-0.2, 0) is 0 Å². The van der Waals surface area contributed by atoms with Gasteiger partial charge in [-0.15, -0.1) is 0 Å². The van der Waals surface area contributed by atoms with Crippen LogP contribution in [-0.4, -0.2) is 39.1 Å². The summed E-state index contributed by atoms with van der Waals surface area (Å²) >= 11 is 0. The van der Waals surface area contributed by atoms with E-state index in [1.54, 1.807) is 0 Å². The summed E-state index contributed by atoms with van der Waals surface area (Å²) in [7, 11) is 0. The van der Waals surface area contributed by atoms with Crippen LogP contribution in [0.1, 0.15) is 37.8 Å². The van der Waals surface area contributed by atoms with Gasteiger partial charge in [0.15, 0.2) is 5.65 Å². The Hall–Kier alpha value is -1.62. The lowest BCUT2D eigenvalue weighted by molar-refractivity contribution is 0.189. The molecule has 0 saturated carbocycles. The number of piperidine rings is 1. The van der Waals surface area contributed by atoms with Gasteiger partial charge in [0.2, 0.25) is 5.95 Å². The fourth-order valence-electron chi connectivity index (χ4n) is 3.20. The summed E-state index contributed by atoms with van der Waals surface area (Å²) in [6.45, 7) is 7.78. The molecule has 2 aromatic heterocycles. The minimum absolute atomic E-state index is 0.433. The molecule has 5 heteroatoms. The predicted octanol–water partition coefficient (Wildman–Crippen LogP) is 2.37. The third-order valence-electron chi connectivity index (χ3n) is 4.27. The fraction of sp³-hybridized carbons (Fsp3) is 0.600. The molecule has 0 amide bonds. The van der Waals surface area contributed by atoms with Crippen molar-refractivity contribution >= 4 is 17.1 Å². The molecule has 5 nitrogen and oxygen atoms in total. The number of anilines is 1. The summed E-state index contributed by atoms with van der Waals surface area (Å²) in [5.41, 5.74) is 9.17. The average Bonchev–Trinajstić information content (AvgIpc) is 2.78. The smallest absolute Gasteiger partial charge is 0.202 e. The Bertz CT molecular complexity index is 596. The van der Waals surface area contributed by atoms with Gasteiger partial charge in [-0.3, -0.25) is 4.57 Å². The van der Waals surface area contributed by atoms with Crippen molar-refractivity contribution in [2.45, 2.75) is 39.2 Å². The highest BCUT2D eigenvalue weighted by Gasteiger charge is 2.24. The second kappa shape index (κ2) is 5.40. The highest BCUT2D eigenvalue weighted by molar-refractivity contribution is 5.77. The average molecular weight is 273 g/mol. The van der Waals surface area contributed by atoms with Crippen LogP contribution in [0.4, 0.5) is 5.95 Å². The van der Waals surface area contributed by atoms with E-state index in [0.717, 1.165) is 42.7 Å². The van der Waals surface area contributed by atoms with Gasteiger partial charge in [0.25, 0.3) is 0 Å². The largest absolute Gasteiger partial charge is 0.369 e. The number of nitrogens with zero attached hydrogens (tertiary/aromatic N) is 4. The number of aryl methyl sites for hydroxylation is 1. The maximum atomic E-state index is 6.14. The topological polar surface area (TPSA) is 60.0 Å². The van der Waals surface area contributed by atoms with E-state index in [1.165, 1.54) is 13.0 Å². The van der Waals surface area contributed by atoms with Crippen molar-refractivity contribution in [2.24, 2.45) is 0 Å². The molecule has 108 valence electrons. The Kier molecular flexibility index (Phi) is 3.61. The van der Waals surface area contributed by atoms with E-state index in [4.69, 9.17) is 5.73 Å². The van der Waals surface area contributed by atoms with Crippen LogP contribution in [0.2, 0.25) is 0 Å². The maximum absolute atomic E-state index is 6.14. The van der Waals surface area contributed by atoms with Crippen molar-refractivity contribution in [1.82, 2.24) is 19.4 Å². The summed E-state index contributed by atoms with van der Waals surface area (Å²) < 4.78 is 2.14. The van der Waals surface area contributed by atoms with E-state index in [2.05, 4.69) is 33.3 Å². The van der Waals surface area contributed by atoms with Gasteiger partial charge in [-0.25, -0.2) is 9.97 Å². The zero-order valence-electron chi connectivity index (χ0n) is 12.3. The molecular formula is C15H23N5. The van der Waals surface area contributed by atoms with E-state index in [9.17, 15) is 0 Å². The van der Waals surface area contributed by atoms with Crippen LogP contribution in [0.5, 0.6) is 0 Å². The van der Waals surface area contributed by atoms with Crippen LogP contribution < -0.4 is 5.73 Å². The van der Waals surface area contributed by atoms with Crippen molar-refractivity contribution in [3.63, 3.8) is 0 Å². The summed E-state index contributed by atoms with van der Waals surface area (Å²) in [5.74, 6) is 0.607. The van der Waals surface area contributed by atoms with Crippen molar-refractivity contribution in [3.05, 3.63) is 17.8 Å². The minimum atomic E-state index is 0.433. The number of rotatable bonds is 3. The maximum Gasteiger partial charge on any atom is 0.202 e. The Balaban J connectivity index is 1.88. The monoisotopic (exact) mass is 273 g/mol. The summed E-state index contributed by atoms with van der Waals surface area (Å²) in [4.78, 5) is 11.5. The molecule has 0 aliphatic carbocycles. The Morgan fingerprint density at radius 1 is 1.35 bits per heavy atom. The molecule has 2 aromatic rings. The van der Waals surface area contributed by atoms with Gasteiger partial charge in [-0.1, -0.05) is 6.92 Å². The van der Waals surface area contributed by atoms with Gasteiger partial charge < -0.3 is 10.6 Å². The third-order valence-corrected chi connectivity index (χ3v) is 4.27. The van der Waals surface area contributed by atoms with E-state index < -0.39 is 0 Å². The van der Waals surface area contributed by atoms with Crippen LogP contribution in [0.3, 0.4) is 0 Å². The molecule has 1 aliphatic heterocycles. The molecule has 1 fully saturated rings. The summed E-state index contributed by atoms with van der Waals surface area (Å²) in [6, 6.07) is 2.42. The molecule has 20 heavy (non-hydrogen) atoms. The van der Waals surface area contributed by atoms with Gasteiger partial charge in [-0.2, -0.15) is 0 Å². The number of aromatic nitrogens is 3. The van der Waals surface area contributed by atoms with E-state index >= 15 is 0 Å². The number of nitrogen functional groups attached to an aromatic ring is 1. The lowest BCUT2D eigenvalue weighted by atomic mass is 10.0. The minimum Gasteiger partial charge on any atom is -0.369 e. The molecule has 0 bridgehead atoms. The summed E-state index contributed by atoms with van der Waals surface area (Å²) in [5, 5.41) is 0. The second-order valence-corrected chi connectivity index (χ2v) is 5.71. The first-order valence-corrected chi connectivity index (χ1v) is 7.52. The van der Waals surface area contributed by atoms with Crippen LogP contribution >= 0.6 is 0 Å². The zero-order valence-corrected chi connectivity index (χ0v) is 12.3. The normalized spacial score (nSPS) is 17.9. The number of pyridine rings is 1. The highest BCUT2D eigenvalue weighted by atomic mass is 15.2. The van der Waals surface area contributed by atoms with Gasteiger partial charge in [0, 0.05) is 25.3 Å². The zero-order chi connectivity index (χ0) is 14.1. The molecule has 1 saturated heterocycles. The Morgan fingerprint density at radius 3 is 2.80 bits per heavy atom. The molecule has 0 radical (unpaired) electrons. The molecule has 2 N–H and O–H groups in total. The quantitative estimate of drug-likeness (QED) is 0.932.